The van der Waals surface area contributed by atoms with E-state index in [9.17, 15) is 17.2 Å². The Bertz CT molecular complexity index is 568. The second-order valence-corrected chi connectivity index (χ2v) is 4.51. The SMILES string of the molecule is N#Cc1cc(C(F)F)c(S(N)(=O)=O)nc1Cl. The Kier molecular flexibility index (Phi) is 3.42. The number of nitriles is 1. The number of pyridine rings is 1. The maximum atomic E-state index is 12.5. The lowest BCUT2D eigenvalue weighted by Crippen LogP contribution is -2.17. The number of rotatable bonds is 2. The van der Waals surface area contributed by atoms with Crippen LogP contribution in [0.1, 0.15) is 17.6 Å². The van der Waals surface area contributed by atoms with Gasteiger partial charge < -0.3 is 0 Å². The lowest BCUT2D eigenvalue weighted by molar-refractivity contribution is 0.147. The number of hydrogen-bond donors (Lipinski definition) is 1. The van der Waals surface area contributed by atoms with E-state index in [2.05, 4.69) is 4.98 Å². The van der Waals surface area contributed by atoms with Gasteiger partial charge in [0.15, 0.2) is 5.03 Å². The zero-order chi connectivity index (χ0) is 12.5. The monoisotopic (exact) mass is 267 g/mol. The summed E-state index contributed by atoms with van der Waals surface area (Å²) in [6.07, 6.45) is -3.12. The molecule has 1 aromatic heterocycles. The topological polar surface area (TPSA) is 96.8 Å². The standard InChI is InChI=1S/C7H4ClF2N3O2S/c8-5-3(2-11)1-4(6(9)10)7(13-5)16(12,14)15/h1,6H,(H2,12,14,15). The van der Waals surface area contributed by atoms with Crippen LogP contribution in [0.15, 0.2) is 11.1 Å². The highest BCUT2D eigenvalue weighted by Crippen LogP contribution is 2.28. The largest absolute Gasteiger partial charge is 0.266 e. The first-order valence-corrected chi connectivity index (χ1v) is 5.61. The van der Waals surface area contributed by atoms with Crippen LogP contribution < -0.4 is 5.14 Å². The maximum Gasteiger partial charge on any atom is 0.266 e. The van der Waals surface area contributed by atoms with Gasteiger partial charge in [0.2, 0.25) is 0 Å². The van der Waals surface area contributed by atoms with E-state index in [-0.39, 0.29) is 5.56 Å². The van der Waals surface area contributed by atoms with Gasteiger partial charge in [-0.2, -0.15) is 5.26 Å². The Morgan fingerprint density at radius 2 is 2.12 bits per heavy atom. The molecule has 0 amide bonds. The normalized spacial score (nSPS) is 11.5. The maximum absolute atomic E-state index is 12.5. The van der Waals surface area contributed by atoms with E-state index in [0.29, 0.717) is 6.07 Å². The van der Waals surface area contributed by atoms with Gasteiger partial charge >= 0.3 is 0 Å². The van der Waals surface area contributed by atoms with E-state index in [1.807, 2.05) is 0 Å². The third-order valence-electron chi connectivity index (χ3n) is 1.59. The van der Waals surface area contributed by atoms with Gasteiger partial charge in [0, 0.05) is 0 Å². The fourth-order valence-corrected chi connectivity index (χ4v) is 1.88. The molecule has 0 spiro atoms. The molecule has 0 aliphatic rings. The number of aromatic nitrogens is 1. The summed E-state index contributed by atoms with van der Waals surface area (Å²) in [5, 5.41) is 11.7. The van der Waals surface area contributed by atoms with Crippen molar-refractivity contribution >= 4 is 21.6 Å². The zero-order valence-electron chi connectivity index (χ0n) is 7.49. The molecule has 9 heteroatoms. The highest BCUT2D eigenvalue weighted by atomic mass is 35.5. The highest BCUT2D eigenvalue weighted by molar-refractivity contribution is 7.89. The fourth-order valence-electron chi connectivity index (χ4n) is 0.953. The predicted octanol–water partition coefficient (Wildman–Crippen LogP) is 1.19. The summed E-state index contributed by atoms with van der Waals surface area (Å²) in [6, 6.07) is 2.16. The Labute approximate surface area is 94.5 Å². The molecule has 1 rings (SSSR count). The highest BCUT2D eigenvalue weighted by Gasteiger charge is 2.24. The molecule has 1 heterocycles. The fraction of sp³-hybridized carbons (Fsp3) is 0.143. The van der Waals surface area contributed by atoms with Crippen molar-refractivity contribution in [3.05, 3.63) is 22.3 Å². The van der Waals surface area contributed by atoms with Crippen molar-refractivity contribution in [1.82, 2.24) is 4.98 Å². The van der Waals surface area contributed by atoms with E-state index in [1.54, 1.807) is 0 Å². The molecule has 0 aliphatic carbocycles. The minimum Gasteiger partial charge on any atom is -0.223 e. The second-order valence-electron chi connectivity index (χ2n) is 2.68. The molecule has 2 N–H and O–H groups in total. The molecule has 0 aromatic carbocycles. The molecule has 0 aliphatic heterocycles. The zero-order valence-corrected chi connectivity index (χ0v) is 9.06. The number of sulfonamides is 1. The minimum atomic E-state index is -4.41. The molecule has 0 bridgehead atoms. The lowest BCUT2D eigenvalue weighted by Gasteiger charge is -2.07. The third kappa shape index (κ3) is 2.44. The van der Waals surface area contributed by atoms with Crippen LogP contribution in [-0.4, -0.2) is 13.4 Å². The average Bonchev–Trinajstić information content (AvgIpc) is 2.15. The Balaban J connectivity index is 3.63. The number of alkyl halides is 2. The number of nitrogens with zero attached hydrogens (tertiary/aromatic N) is 2. The van der Waals surface area contributed by atoms with Crippen molar-refractivity contribution in [2.75, 3.05) is 0 Å². The van der Waals surface area contributed by atoms with E-state index >= 15 is 0 Å². The quantitative estimate of drug-likeness (QED) is 0.814. The molecule has 0 saturated carbocycles. The van der Waals surface area contributed by atoms with Crippen LogP contribution in [0.2, 0.25) is 5.15 Å². The van der Waals surface area contributed by atoms with Crippen LogP contribution in [-0.2, 0) is 10.0 Å². The summed E-state index contributed by atoms with van der Waals surface area (Å²) < 4.78 is 46.9. The first-order valence-electron chi connectivity index (χ1n) is 3.69. The van der Waals surface area contributed by atoms with Gasteiger partial charge in [-0.1, -0.05) is 11.6 Å². The van der Waals surface area contributed by atoms with Crippen molar-refractivity contribution in [3.8, 4) is 6.07 Å². The Morgan fingerprint density at radius 3 is 2.50 bits per heavy atom. The van der Waals surface area contributed by atoms with Crippen LogP contribution in [0.4, 0.5) is 8.78 Å². The van der Waals surface area contributed by atoms with Gasteiger partial charge in [-0.15, -0.1) is 0 Å². The number of hydrogen-bond acceptors (Lipinski definition) is 4. The van der Waals surface area contributed by atoms with Crippen molar-refractivity contribution in [3.63, 3.8) is 0 Å². The third-order valence-corrected chi connectivity index (χ3v) is 2.75. The summed E-state index contributed by atoms with van der Waals surface area (Å²) in [6.45, 7) is 0. The molecular weight excluding hydrogens is 264 g/mol. The average molecular weight is 268 g/mol. The van der Waals surface area contributed by atoms with Gasteiger partial charge in [0.1, 0.15) is 11.2 Å². The summed E-state index contributed by atoms with van der Waals surface area (Å²) in [5.41, 5.74) is -1.28. The minimum absolute atomic E-state index is 0.343. The molecule has 0 radical (unpaired) electrons. The molecule has 1 aromatic rings. The van der Waals surface area contributed by atoms with Crippen molar-refractivity contribution < 1.29 is 17.2 Å². The van der Waals surface area contributed by atoms with E-state index in [1.165, 1.54) is 6.07 Å². The summed E-state index contributed by atoms with van der Waals surface area (Å²) in [4.78, 5) is 3.19. The van der Waals surface area contributed by atoms with Gasteiger partial charge in [-0.3, -0.25) is 0 Å². The lowest BCUT2D eigenvalue weighted by atomic mass is 10.2. The van der Waals surface area contributed by atoms with Gasteiger partial charge in [-0.25, -0.2) is 27.3 Å². The predicted molar refractivity (Wildman–Crippen MR) is 50.3 cm³/mol. The van der Waals surface area contributed by atoms with Crippen molar-refractivity contribution in [2.45, 2.75) is 11.5 Å². The van der Waals surface area contributed by atoms with Crippen LogP contribution in [0.25, 0.3) is 0 Å². The number of primary sulfonamides is 1. The van der Waals surface area contributed by atoms with Crippen LogP contribution in [0.3, 0.4) is 0 Å². The van der Waals surface area contributed by atoms with E-state index in [4.69, 9.17) is 22.0 Å². The van der Waals surface area contributed by atoms with Crippen LogP contribution in [0, 0.1) is 11.3 Å². The molecule has 86 valence electrons. The Morgan fingerprint density at radius 1 is 1.56 bits per heavy atom. The molecule has 0 saturated heterocycles. The van der Waals surface area contributed by atoms with Gasteiger partial charge in [0.25, 0.3) is 16.4 Å². The first kappa shape index (κ1) is 12.8. The van der Waals surface area contributed by atoms with Crippen LogP contribution >= 0.6 is 11.6 Å². The van der Waals surface area contributed by atoms with Crippen molar-refractivity contribution in [1.29, 1.82) is 5.26 Å². The second kappa shape index (κ2) is 4.29. The molecule has 0 atom stereocenters. The van der Waals surface area contributed by atoms with Crippen molar-refractivity contribution in [2.24, 2.45) is 5.14 Å². The van der Waals surface area contributed by atoms with Crippen LogP contribution in [0.5, 0.6) is 0 Å². The van der Waals surface area contributed by atoms with E-state index < -0.39 is 32.2 Å². The molecule has 5 nitrogen and oxygen atoms in total. The molecule has 16 heavy (non-hydrogen) atoms. The van der Waals surface area contributed by atoms with Gasteiger partial charge in [-0.05, 0) is 6.07 Å². The molecule has 0 unspecified atom stereocenters. The molecule has 0 fully saturated rings. The summed E-state index contributed by atoms with van der Waals surface area (Å²) >= 11 is 5.41. The summed E-state index contributed by atoms with van der Waals surface area (Å²) in [7, 11) is -4.41. The van der Waals surface area contributed by atoms with Gasteiger partial charge in [0.05, 0.1) is 11.1 Å². The van der Waals surface area contributed by atoms with E-state index in [0.717, 1.165) is 0 Å². The smallest absolute Gasteiger partial charge is 0.223 e. The Hall–Kier alpha value is -1.30. The number of nitrogens with two attached hydrogens (primary N) is 1. The number of halogens is 3. The molecular formula is C7H4ClF2N3O2S. The summed E-state index contributed by atoms with van der Waals surface area (Å²) in [5.74, 6) is 0. The first-order chi connectivity index (χ1) is 7.27.